The average molecular weight is 258 g/mol. The fourth-order valence-corrected chi connectivity index (χ4v) is 2.03. The van der Waals surface area contributed by atoms with Gasteiger partial charge in [0.1, 0.15) is 6.33 Å². The maximum absolute atomic E-state index is 11.8. The van der Waals surface area contributed by atoms with Crippen molar-refractivity contribution in [3.8, 4) is 5.75 Å². The fourth-order valence-electron chi connectivity index (χ4n) is 1.82. The van der Waals surface area contributed by atoms with Gasteiger partial charge in [-0.05, 0) is 0 Å². The Balaban J connectivity index is 2.34. The third-order valence-electron chi connectivity index (χ3n) is 2.66. The first-order chi connectivity index (χ1) is 8.17. The molecule has 2 heterocycles. The van der Waals surface area contributed by atoms with Crippen LogP contribution in [-0.4, -0.2) is 41.2 Å². The zero-order valence-corrected chi connectivity index (χ0v) is 10.0. The number of aliphatic hydroxyl groups is 1. The molecule has 1 aromatic rings. The Morgan fingerprint density at radius 3 is 3.00 bits per heavy atom. The lowest BCUT2D eigenvalue weighted by atomic mass is 10.1. The van der Waals surface area contributed by atoms with E-state index >= 15 is 0 Å². The number of carbonyl (C=O) groups is 1. The Hall–Kier alpha value is -1.40. The Morgan fingerprint density at radius 1 is 1.65 bits per heavy atom. The zero-order chi connectivity index (χ0) is 12.4. The van der Waals surface area contributed by atoms with Crippen molar-refractivity contribution in [3.05, 3.63) is 11.5 Å². The number of carbonyl (C=O) groups excluding carboxylic acids is 1. The predicted octanol–water partition coefficient (Wildman–Crippen LogP) is 0.484. The summed E-state index contributed by atoms with van der Waals surface area (Å²) < 4.78 is 5.09. The molecule has 0 bridgehead atoms. The van der Waals surface area contributed by atoms with Gasteiger partial charge >= 0.3 is 0 Å². The monoisotopic (exact) mass is 257 g/mol. The second-order valence-electron chi connectivity index (χ2n) is 3.78. The molecule has 2 rings (SSSR count). The van der Waals surface area contributed by atoms with Gasteiger partial charge in [0.15, 0.2) is 16.7 Å². The Bertz CT molecular complexity index is 441. The summed E-state index contributed by atoms with van der Waals surface area (Å²) in [5.41, 5.74) is 0. The van der Waals surface area contributed by atoms with Gasteiger partial charge in [-0.15, -0.1) is 0 Å². The van der Waals surface area contributed by atoms with Gasteiger partial charge in [-0.25, -0.2) is 9.97 Å². The highest BCUT2D eigenvalue weighted by atomic mass is 35.5. The third-order valence-corrected chi connectivity index (χ3v) is 2.93. The molecule has 1 atom stereocenters. The zero-order valence-electron chi connectivity index (χ0n) is 9.26. The molecular formula is C10H12ClN3O3. The summed E-state index contributed by atoms with van der Waals surface area (Å²) in [5.74, 6) is 0.465. The second-order valence-corrected chi connectivity index (χ2v) is 4.14. The van der Waals surface area contributed by atoms with Gasteiger partial charge in [-0.3, -0.25) is 9.69 Å². The van der Waals surface area contributed by atoms with Gasteiger partial charge in [0.05, 0.1) is 7.11 Å². The summed E-state index contributed by atoms with van der Waals surface area (Å²) in [7, 11) is 1.44. The Morgan fingerprint density at radius 2 is 2.41 bits per heavy atom. The van der Waals surface area contributed by atoms with Crippen LogP contribution in [-0.2, 0) is 4.79 Å². The van der Waals surface area contributed by atoms with E-state index in [1.165, 1.54) is 18.3 Å². The van der Waals surface area contributed by atoms with Crippen molar-refractivity contribution in [2.24, 2.45) is 5.92 Å². The maximum Gasteiger partial charge on any atom is 0.228 e. The van der Waals surface area contributed by atoms with E-state index in [-0.39, 0.29) is 29.3 Å². The maximum atomic E-state index is 11.8. The first kappa shape index (κ1) is 12.1. The molecule has 92 valence electrons. The summed E-state index contributed by atoms with van der Waals surface area (Å²) in [6.45, 7) is 0.391. The predicted molar refractivity (Wildman–Crippen MR) is 61.1 cm³/mol. The van der Waals surface area contributed by atoms with Crippen LogP contribution in [0.2, 0.25) is 5.15 Å². The van der Waals surface area contributed by atoms with Crippen LogP contribution in [0.25, 0.3) is 0 Å². The minimum Gasteiger partial charge on any atom is -0.490 e. The number of halogens is 1. The smallest absolute Gasteiger partial charge is 0.228 e. The normalized spacial score (nSPS) is 19.8. The standard InChI is InChI=1S/C10H12ClN3O3/c1-17-8-9(11)12-5-13-10(8)14-3-6(4-15)2-7(14)16/h5-6,15H,2-4H2,1H3. The molecule has 1 saturated heterocycles. The van der Waals surface area contributed by atoms with E-state index in [4.69, 9.17) is 21.4 Å². The lowest BCUT2D eigenvalue weighted by molar-refractivity contribution is -0.117. The van der Waals surface area contributed by atoms with Gasteiger partial charge < -0.3 is 9.84 Å². The van der Waals surface area contributed by atoms with Crippen LogP contribution >= 0.6 is 11.6 Å². The van der Waals surface area contributed by atoms with Crippen molar-refractivity contribution in [2.45, 2.75) is 6.42 Å². The van der Waals surface area contributed by atoms with E-state index in [1.54, 1.807) is 0 Å². The van der Waals surface area contributed by atoms with Crippen molar-refractivity contribution in [2.75, 3.05) is 25.2 Å². The van der Waals surface area contributed by atoms with Crippen molar-refractivity contribution >= 4 is 23.3 Å². The first-order valence-corrected chi connectivity index (χ1v) is 5.51. The minimum atomic E-state index is -0.0999. The SMILES string of the molecule is COc1c(Cl)ncnc1N1CC(CO)CC1=O. The van der Waals surface area contributed by atoms with Gasteiger partial charge in [0, 0.05) is 25.5 Å². The molecule has 0 saturated carbocycles. The van der Waals surface area contributed by atoms with Crippen molar-refractivity contribution in [1.29, 1.82) is 0 Å². The molecule has 0 radical (unpaired) electrons. The van der Waals surface area contributed by atoms with Gasteiger partial charge in [-0.1, -0.05) is 11.6 Å². The number of methoxy groups -OCH3 is 1. The molecule has 0 aliphatic carbocycles. The number of aromatic nitrogens is 2. The van der Waals surface area contributed by atoms with Crippen LogP contribution < -0.4 is 9.64 Å². The molecule has 1 aromatic heterocycles. The van der Waals surface area contributed by atoms with E-state index in [0.717, 1.165) is 0 Å². The van der Waals surface area contributed by atoms with Crippen molar-refractivity contribution in [1.82, 2.24) is 9.97 Å². The fraction of sp³-hybridized carbons (Fsp3) is 0.500. The number of hydrogen-bond acceptors (Lipinski definition) is 5. The summed E-state index contributed by atoms with van der Waals surface area (Å²) in [5, 5.41) is 9.23. The largest absolute Gasteiger partial charge is 0.490 e. The van der Waals surface area contributed by atoms with Crippen LogP contribution in [0.4, 0.5) is 5.82 Å². The number of anilines is 1. The highest BCUT2D eigenvalue weighted by Gasteiger charge is 2.33. The van der Waals surface area contributed by atoms with E-state index in [1.807, 2.05) is 0 Å². The van der Waals surface area contributed by atoms with E-state index in [2.05, 4.69) is 9.97 Å². The summed E-state index contributed by atoms with van der Waals surface area (Å²) >= 11 is 5.86. The molecule has 1 N–H and O–H groups in total. The topological polar surface area (TPSA) is 75.6 Å². The van der Waals surface area contributed by atoms with Crippen molar-refractivity contribution < 1.29 is 14.6 Å². The molecular weight excluding hydrogens is 246 g/mol. The van der Waals surface area contributed by atoms with Crippen LogP contribution in [0.3, 0.4) is 0 Å². The number of rotatable bonds is 3. The molecule has 1 amide bonds. The van der Waals surface area contributed by atoms with Gasteiger partial charge in [-0.2, -0.15) is 0 Å². The Labute approximate surface area is 103 Å². The highest BCUT2D eigenvalue weighted by Crippen LogP contribution is 2.34. The van der Waals surface area contributed by atoms with Gasteiger partial charge in [0.25, 0.3) is 0 Å². The molecule has 17 heavy (non-hydrogen) atoms. The minimum absolute atomic E-state index is 0.0244. The number of hydrogen-bond donors (Lipinski definition) is 1. The third kappa shape index (κ3) is 2.18. The number of nitrogens with zero attached hydrogens (tertiary/aromatic N) is 3. The van der Waals surface area contributed by atoms with Crippen LogP contribution in [0.5, 0.6) is 5.75 Å². The second kappa shape index (κ2) is 4.85. The summed E-state index contributed by atoms with van der Waals surface area (Å²) in [6.07, 6.45) is 1.58. The lowest BCUT2D eigenvalue weighted by Gasteiger charge is -2.18. The number of ether oxygens (including phenoxy) is 1. The molecule has 1 fully saturated rings. The van der Waals surface area contributed by atoms with E-state index in [9.17, 15) is 4.79 Å². The number of aliphatic hydroxyl groups excluding tert-OH is 1. The van der Waals surface area contributed by atoms with Crippen LogP contribution in [0.1, 0.15) is 6.42 Å². The molecule has 0 spiro atoms. The van der Waals surface area contributed by atoms with Gasteiger partial charge in [0.2, 0.25) is 5.91 Å². The van der Waals surface area contributed by atoms with E-state index in [0.29, 0.717) is 18.8 Å². The first-order valence-electron chi connectivity index (χ1n) is 5.13. The van der Waals surface area contributed by atoms with Crippen molar-refractivity contribution in [3.63, 3.8) is 0 Å². The molecule has 6 nitrogen and oxygen atoms in total. The average Bonchev–Trinajstić information content (AvgIpc) is 2.70. The van der Waals surface area contributed by atoms with Crippen LogP contribution in [0, 0.1) is 5.92 Å². The molecule has 7 heteroatoms. The quantitative estimate of drug-likeness (QED) is 0.798. The highest BCUT2D eigenvalue weighted by molar-refractivity contribution is 6.31. The number of amides is 1. The summed E-state index contributed by atoms with van der Waals surface area (Å²) in [4.78, 5) is 21.0. The lowest BCUT2D eigenvalue weighted by Crippen LogP contribution is -2.26. The molecule has 1 aliphatic rings. The van der Waals surface area contributed by atoms with E-state index < -0.39 is 0 Å². The Kier molecular flexibility index (Phi) is 3.44. The summed E-state index contributed by atoms with van der Waals surface area (Å²) in [6, 6.07) is 0. The molecule has 1 aliphatic heterocycles. The molecule has 1 unspecified atom stereocenters. The molecule has 0 aromatic carbocycles. The van der Waals surface area contributed by atoms with Crippen LogP contribution in [0.15, 0.2) is 6.33 Å².